The smallest absolute Gasteiger partial charge is 0.424 e. The Labute approximate surface area is 137 Å². The Balaban J connectivity index is 1.78. The van der Waals surface area contributed by atoms with Crippen molar-refractivity contribution in [1.82, 2.24) is 15.3 Å². The molecule has 2 aromatic rings. The lowest BCUT2D eigenvalue weighted by atomic mass is 10.1. The predicted molar refractivity (Wildman–Crippen MR) is 83.4 cm³/mol. The van der Waals surface area contributed by atoms with Crippen LogP contribution in [-0.2, 0) is 6.18 Å². The number of nitrogens with zero attached hydrogens (tertiary/aromatic N) is 3. The van der Waals surface area contributed by atoms with Crippen LogP contribution in [0.5, 0.6) is 11.8 Å². The number of ether oxygens (including phenoxy) is 1. The van der Waals surface area contributed by atoms with Crippen molar-refractivity contribution in [3.8, 4) is 11.8 Å². The summed E-state index contributed by atoms with van der Waals surface area (Å²) in [4.78, 5) is 9.41. The van der Waals surface area contributed by atoms with E-state index in [0.717, 1.165) is 49.7 Å². The zero-order valence-corrected chi connectivity index (χ0v) is 13.1. The van der Waals surface area contributed by atoms with Crippen LogP contribution in [0.25, 0.3) is 0 Å². The average Bonchev–Trinajstić information content (AvgIpc) is 2.57. The summed E-state index contributed by atoms with van der Waals surface area (Å²) in [5, 5.41) is 3.29. The van der Waals surface area contributed by atoms with E-state index in [1.165, 1.54) is 0 Å². The van der Waals surface area contributed by atoms with Gasteiger partial charge < -0.3 is 15.0 Å². The van der Waals surface area contributed by atoms with E-state index in [9.17, 15) is 13.2 Å². The van der Waals surface area contributed by atoms with Crippen LogP contribution in [0.4, 0.5) is 18.9 Å². The van der Waals surface area contributed by atoms with Gasteiger partial charge >= 0.3 is 12.2 Å². The van der Waals surface area contributed by atoms with Crippen LogP contribution >= 0.6 is 0 Å². The fourth-order valence-corrected chi connectivity index (χ4v) is 2.51. The summed E-state index contributed by atoms with van der Waals surface area (Å²) in [6.45, 7) is 5.52. The first-order chi connectivity index (χ1) is 11.4. The lowest BCUT2D eigenvalue weighted by Gasteiger charge is -2.29. The van der Waals surface area contributed by atoms with Gasteiger partial charge in [-0.2, -0.15) is 18.2 Å². The van der Waals surface area contributed by atoms with E-state index < -0.39 is 11.9 Å². The molecule has 0 saturated carbocycles. The highest BCUT2D eigenvalue weighted by Gasteiger charge is 2.33. The maximum Gasteiger partial charge on any atom is 0.433 e. The Bertz CT molecular complexity index is 715. The third kappa shape index (κ3) is 3.76. The van der Waals surface area contributed by atoms with E-state index >= 15 is 0 Å². The van der Waals surface area contributed by atoms with Gasteiger partial charge in [-0.3, -0.25) is 0 Å². The molecule has 1 aromatic carbocycles. The van der Waals surface area contributed by atoms with Crippen molar-refractivity contribution in [3.05, 3.63) is 41.7 Å². The van der Waals surface area contributed by atoms with E-state index in [4.69, 9.17) is 4.74 Å². The van der Waals surface area contributed by atoms with Gasteiger partial charge in [0.05, 0.1) is 0 Å². The minimum absolute atomic E-state index is 0.317. The first-order valence-electron chi connectivity index (χ1n) is 7.58. The van der Waals surface area contributed by atoms with E-state index in [1.807, 2.05) is 19.1 Å². The Morgan fingerprint density at radius 3 is 2.58 bits per heavy atom. The predicted octanol–water partition coefficient (Wildman–Crippen LogP) is 3.01. The van der Waals surface area contributed by atoms with E-state index in [1.54, 1.807) is 6.07 Å². The normalized spacial score (nSPS) is 15.4. The van der Waals surface area contributed by atoms with Crippen LogP contribution in [0.3, 0.4) is 0 Å². The number of aryl methyl sites for hydroxylation is 1. The van der Waals surface area contributed by atoms with E-state index in [0.29, 0.717) is 5.75 Å². The molecule has 1 aromatic heterocycles. The molecule has 1 saturated heterocycles. The molecule has 1 fully saturated rings. The average molecular weight is 338 g/mol. The molecule has 0 bridgehead atoms. The number of piperazine rings is 1. The lowest BCUT2D eigenvalue weighted by molar-refractivity contribution is -0.141. The molecule has 0 atom stereocenters. The van der Waals surface area contributed by atoms with Gasteiger partial charge in [0.25, 0.3) is 0 Å². The fourth-order valence-electron chi connectivity index (χ4n) is 2.51. The molecule has 1 aliphatic heterocycles. The molecule has 0 spiro atoms. The topological polar surface area (TPSA) is 50.3 Å². The Morgan fingerprint density at radius 2 is 1.92 bits per heavy atom. The highest BCUT2D eigenvalue weighted by molar-refractivity contribution is 5.53. The highest BCUT2D eigenvalue weighted by atomic mass is 19.4. The number of rotatable bonds is 3. The summed E-state index contributed by atoms with van der Waals surface area (Å²) < 4.78 is 43.5. The van der Waals surface area contributed by atoms with Crippen LogP contribution in [0, 0.1) is 6.92 Å². The molecule has 0 unspecified atom stereocenters. The van der Waals surface area contributed by atoms with Gasteiger partial charge in [0.2, 0.25) is 0 Å². The largest absolute Gasteiger partial charge is 0.433 e. The summed E-state index contributed by atoms with van der Waals surface area (Å²) in [5.41, 5.74) is 0.848. The van der Waals surface area contributed by atoms with Crippen molar-refractivity contribution >= 4 is 5.69 Å². The summed E-state index contributed by atoms with van der Waals surface area (Å²) >= 11 is 0. The highest BCUT2D eigenvalue weighted by Crippen LogP contribution is 2.30. The summed E-state index contributed by atoms with van der Waals surface area (Å²) in [6, 6.07) is 6.07. The number of aromatic nitrogens is 2. The third-order valence-corrected chi connectivity index (χ3v) is 3.77. The standard InChI is InChI=1S/C16H17F3N4O/c1-11-10-12(23-8-6-20-7-9-23)2-3-13(11)24-15-21-5-4-14(22-15)16(17,18)19/h2-5,10,20H,6-9H2,1H3. The summed E-state index contributed by atoms with van der Waals surface area (Å²) in [5.74, 6) is 0.438. The van der Waals surface area contributed by atoms with Gasteiger partial charge in [0.1, 0.15) is 5.75 Å². The Kier molecular flexibility index (Phi) is 4.57. The summed E-state index contributed by atoms with van der Waals surface area (Å²) in [7, 11) is 0. The molecule has 5 nitrogen and oxygen atoms in total. The first-order valence-corrected chi connectivity index (χ1v) is 7.58. The zero-order chi connectivity index (χ0) is 17.2. The van der Waals surface area contributed by atoms with Crippen LogP contribution in [0.1, 0.15) is 11.3 Å². The van der Waals surface area contributed by atoms with Crippen LogP contribution < -0.4 is 15.0 Å². The second-order valence-electron chi connectivity index (χ2n) is 5.51. The zero-order valence-electron chi connectivity index (χ0n) is 13.1. The minimum Gasteiger partial charge on any atom is -0.424 e. The van der Waals surface area contributed by atoms with Crippen LogP contribution in [0.15, 0.2) is 30.5 Å². The molecule has 1 aliphatic rings. The van der Waals surface area contributed by atoms with Gasteiger partial charge in [0.15, 0.2) is 5.69 Å². The molecular formula is C16H17F3N4O. The quantitative estimate of drug-likeness (QED) is 0.932. The molecule has 128 valence electrons. The van der Waals surface area contributed by atoms with Crippen molar-refractivity contribution in [1.29, 1.82) is 0 Å². The molecule has 1 N–H and O–H groups in total. The number of hydrogen-bond donors (Lipinski definition) is 1. The minimum atomic E-state index is -4.53. The van der Waals surface area contributed by atoms with Gasteiger partial charge in [-0.25, -0.2) is 4.98 Å². The second kappa shape index (κ2) is 6.64. The molecule has 8 heteroatoms. The van der Waals surface area contributed by atoms with Gasteiger partial charge in [-0.05, 0) is 36.8 Å². The number of nitrogens with one attached hydrogen (secondary N) is 1. The molecule has 2 heterocycles. The molecule has 3 rings (SSSR count). The van der Waals surface area contributed by atoms with E-state index in [2.05, 4.69) is 20.2 Å². The number of anilines is 1. The van der Waals surface area contributed by atoms with Crippen molar-refractivity contribution in [2.75, 3.05) is 31.1 Å². The second-order valence-corrected chi connectivity index (χ2v) is 5.51. The summed E-state index contributed by atoms with van der Waals surface area (Å²) in [6.07, 6.45) is -3.49. The van der Waals surface area contributed by atoms with Crippen molar-refractivity contribution in [3.63, 3.8) is 0 Å². The number of halogens is 3. The van der Waals surface area contributed by atoms with Gasteiger partial charge in [-0.15, -0.1) is 0 Å². The third-order valence-electron chi connectivity index (χ3n) is 3.77. The molecular weight excluding hydrogens is 321 g/mol. The van der Waals surface area contributed by atoms with Crippen molar-refractivity contribution in [2.24, 2.45) is 0 Å². The number of benzene rings is 1. The molecule has 0 amide bonds. The Hall–Kier alpha value is -2.35. The number of hydrogen-bond acceptors (Lipinski definition) is 5. The van der Waals surface area contributed by atoms with Gasteiger partial charge in [0, 0.05) is 38.1 Å². The molecule has 24 heavy (non-hydrogen) atoms. The van der Waals surface area contributed by atoms with Crippen LogP contribution in [-0.4, -0.2) is 36.1 Å². The molecule has 0 aliphatic carbocycles. The van der Waals surface area contributed by atoms with Gasteiger partial charge in [-0.1, -0.05) is 0 Å². The Morgan fingerprint density at radius 1 is 1.17 bits per heavy atom. The van der Waals surface area contributed by atoms with Crippen molar-refractivity contribution in [2.45, 2.75) is 13.1 Å². The molecule has 0 radical (unpaired) electrons. The fraction of sp³-hybridized carbons (Fsp3) is 0.375. The maximum atomic E-state index is 12.7. The van der Waals surface area contributed by atoms with Crippen LogP contribution in [0.2, 0.25) is 0 Å². The SMILES string of the molecule is Cc1cc(N2CCNCC2)ccc1Oc1nccc(C(F)(F)F)n1. The van der Waals surface area contributed by atoms with Crippen molar-refractivity contribution < 1.29 is 17.9 Å². The monoisotopic (exact) mass is 338 g/mol. The first kappa shape index (κ1) is 16.5. The lowest BCUT2D eigenvalue weighted by Crippen LogP contribution is -2.43. The van der Waals surface area contributed by atoms with E-state index in [-0.39, 0.29) is 6.01 Å². The number of alkyl halides is 3. The maximum absolute atomic E-state index is 12.7.